The van der Waals surface area contributed by atoms with Gasteiger partial charge >= 0.3 is 0 Å². The van der Waals surface area contributed by atoms with Crippen molar-refractivity contribution in [3.8, 4) is 0 Å². The van der Waals surface area contributed by atoms with Crippen LogP contribution in [-0.4, -0.2) is 29.1 Å². The lowest BCUT2D eigenvalue weighted by atomic mass is 10.2. The van der Waals surface area contributed by atoms with E-state index in [1.165, 1.54) is 0 Å². The molecular weight excluding hydrogens is 200 g/mol. The molecule has 1 aliphatic rings. The Morgan fingerprint density at radius 2 is 2.12 bits per heavy atom. The Hall–Kier alpha value is -1.68. The molecule has 1 fully saturated rings. The molecule has 1 aromatic heterocycles. The average molecular weight is 214 g/mol. The molecule has 4 nitrogen and oxygen atoms in total. The minimum Gasteiger partial charge on any atom is -0.354 e. The average Bonchev–Trinajstić information content (AvgIpc) is 2.75. The third-order valence-electron chi connectivity index (χ3n) is 3.05. The van der Waals surface area contributed by atoms with Crippen molar-refractivity contribution >= 4 is 16.7 Å². The van der Waals surface area contributed by atoms with E-state index < -0.39 is 0 Å². The Morgan fingerprint density at radius 1 is 1.25 bits per heavy atom. The molecule has 1 atom stereocenters. The van der Waals surface area contributed by atoms with E-state index >= 15 is 0 Å². The number of hydrogen-bond donors (Lipinski definition) is 1. The molecule has 1 aliphatic heterocycles. The number of fused-ring (bicyclic) bond motifs is 1. The first-order valence-electron chi connectivity index (χ1n) is 5.55. The molecule has 16 heavy (non-hydrogen) atoms. The first kappa shape index (κ1) is 9.54. The van der Waals surface area contributed by atoms with E-state index in [2.05, 4.69) is 20.9 Å². The summed E-state index contributed by atoms with van der Waals surface area (Å²) in [7, 11) is 0. The Labute approximate surface area is 94.1 Å². The predicted octanol–water partition coefficient (Wildman–Crippen LogP) is 1.17. The zero-order valence-electron chi connectivity index (χ0n) is 9.00. The van der Waals surface area contributed by atoms with Crippen molar-refractivity contribution in [1.82, 2.24) is 9.97 Å². The third-order valence-corrected chi connectivity index (χ3v) is 3.05. The lowest BCUT2D eigenvalue weighted by molar-refractivity contribution is 0.751. The van der Waals surface area contributed by atoms with Crippen molar-refractivity contribution in [2.75, 3.05) is 18.0 Å². The summed E-state index contributed by atoms with van der Waals surface area (Å²) >= 11 is 0. The molecule has 0 unspecified atom stereocenters. The van der Waals surface area contributed by atoms with Crippen LogP contribution >= 0.6 is 0 Å². The molecule has 0 saturated carbocycles. The summed E-state index contributed by atoms with van der Waals surface area (Å²) in [5, 5.41) is 1.11. The minimum absolute atomic E-state index is 0.272. The Bertz CT molecular complexity index is 506. The van der Waals surface area contributed by atoms with Gasteiger partial charge in [0.05, 0.1) is 5.52 Å². The fourth-order valence-corrected chi connectivity index (χ4v) is 2.22. The van der Waals surface area contributed by atoms with Gasteiger partial charge in [-0.3, -0.25) is 0 Å². The highest BCUT2D eigenvalue weighted by Gasteiger charge is 2.21. The van der Waals surface area contributed by atoms with Gasteiger partial charge in [0.1, 0.15) is 12.1 Å². The van der Waals surface area contributed by atoms with Crippen molar-refractivity contribution < 1.29 is 0 Å². The zero-order valence-corrected chi connectivity index (χ0v) is 9.00. The van der Waals surface area contributed by atoms with Crippen molar-refractivity contribution in [3.63, 3.8) is 0 Å². The normalized spacial score (nSPS) is 20.6. The van der Waals surface area contributed by atoms with Crippen LogP contribution in [0.5, 0.6) is 0 Å². The van der Waals surface area contributed by atoms with Gasteiger partial charge in [0.15, 0.2) is 0 Å². The van der Waals surface area contributed by atoms with Crippen molar-refractivity contribution in [2.24, 2.45) is 5.73 Å². The van der Waals surface area contributed by atoms with Crippen LogP contribution in [0.25, 0.3) is 10.9 Å². The molecule has 1 aromatic carbocycles. The quantitative estimate of drug-likeness (QED) is 0.774. The summed E-state index contributed by atoms with van der Waals surface area (Å²) in [6.45, 7) is 1.88. The molecule has 1 saturated heterocycles. The molecule has 2 N–H and O–H groups in total. The molecule has 0 radical (unpaired) electrons. The van der Waals surface area contributed by atoms with Gasteiger partial charge < -0.3 is 10.6 Å². The summed E-state index contributed by atoms with van der Waals surface area (Å²) in [5.74, 6) is 1.01. The highest BCUT2D eigenvalue weighted by molar-refractivity contribution is 5.89. The highest BCUT2D eigenvalue weighted by Crippen LogP contribution is 2.25. The molecule has 2 aromatic rings. The SMILES string of the molecule is N[C@@H]1CCN(c2ncnc3ccccc23)C1. The molecular formula is C12H14N4. The van der Waals surface area contributed by atoms with Crippen LogP contribution in [0.1, 0.15) is 6.42 Å². The van der Waals surface area contributed by atoms with Gasteiger partial charge in [-0.1, -0.05) is 12.1 Å². The molecule has 4 heteroatoms. The first-order chi connectivity index (χ1) is 7.84. The zero-order chi connectivity index (χ0) is 11.0. The van der Waals surface area contributed by atoms with Crippen LogP contribution in [-0.2, 0) is 0 Å². The van der Waals surface area contributed by atoms with Crippen LogP contribution < -0.4 is 10.6 Å². The molecule has 0 amide bonds. The van der Waals surface area contributed by atoms with Gasteiger partial charge in [-0.15, -0.1) is 0 Å². The number of rotatable bonds is 1. The fourth-order valence-electron chi connectivity index (χ4n) is 2.22. The smallest absolute Gasteiger partial charge is 0.139 e. The van der Waals surface area contributed by atoms with Gasteiger partial charge in [-0.2, -0.15) is 0 Å². The van der Waals surface area contributed by atoms with Gasteiger partial charge in [0, 0.05) is 24.5 Å². The van der Waals surface area contributed by atoms with E-state index in [0.717, 1.165) is 36.2 Å². The molecule has 2 heterocycles. The van der Waals surface area contributed by atoms with Crippen molar-refractivity contribution in [3.05, 3.63) is 30.6 Å². The van der Waals surface area contributed by atoms with Gasteiger partial charge in [-0.25, -0.2) is 9.97 Å². The Balaban J connectivity index is 2.09. The number of nitrogens with two attached hydrogens (primary N) is 1. The van der Waals surface area contributed by atoms with E-state index in [0.29, 0.717) is 0 Å². The molecule has 0 aliphatic carbocycles. The van der Waals surface area contributed by atoms with Gasteiger partial charge in [0.2, 0.25) is 0 Å². The molecule has 0 spiro atoms. The van der Waals surface area contributed by atoms with E-state index in [1.807, 2.05) is 18.2 Å². The van der Waals surface area contributed by atoms with Crippen LogP contribution in [0, 0.1) is 0 Å². The van der Waals surface area contributed by atoms with Crippen LogP contribution in [0.15, 0.2) is 30.6 Å². The van der Waals surface area contributed by atoms with Gasteiger partial charge in [0.25, 0.3) is 0 Å². The summed E-state index contributed by atoms with van der Waals surface area (Å²) in [5.41, 5.74) is 6.91. The van der Waals surface area contributed by atoms with E-state index in [4.69, 9.17) is 5.73 Å². The summed E-state index contributed by atoms with van der Waals surface area (Å²) < 4.78 is 0. The number of anilines is 1. The van der Waals surface area contributed by atoms with E-state index in [-0.39, 0.29) is 6.04 Å². The van der Waals surface area contributed by atoms with Crippen LogP contribution in [0.4, 0.5) is 5.82 Å². The summed E-state index contributed by atoms with van der Waals surface area (Å²) in [6.07, 6.45) is 2.67. The summed E-state index contributed by atoms with van der Waals surface area (Å²) in [6, 6.07) is 8.36. The van der Waals surface area contributed by atoms with Crippen LogP contribution in [0.3, 0.4) is 0 Å². The van der Waals surface area contributed by atoms with Crippen LogP contribution in [0.2, 0.25) is 0 Å². The second kappa shape index (κ2) is 3.72. The number of para-hydroxylation sites is 1. The number of benzene rings is 1. The topological polar surface area (TPSA) is 55.0 Å². The first-order valence-corrected chi connectivity index (χ1v) is 5.55. The lowest BCUT2D eigenvalue weighted by Crippen LogP contribution is -2.27. The molecule has 0 bridgehead atoms. The molecule has 82 valence electrons. The minimum atomic E-state index is 0.272. The van der Waals surface area contributed by atoms with Gasteiger partial charge in [-0.05, 0) is 18.6 Å². The summed E-state index contributed by atoms with van der Waals surface area (Å²) in [4.78, 5) is 10.9. The fraction of sp³-hybridized carbons (Fsp3) is 0.333. The van der Waals surface area contributed by atoms with Crippen molar-refractivity contribution in [2.45, 2.75) is 12.5 Å². The maximum Gasteiger partial charge on any atom is 0.139 e. The second-order valence-corrected chi connectivity index (χ2v) is 4.21. The van der Waals surface area contributed by atoms with E-state index in [9.17, 15) is 0 Å². The van der Waals surface area contributed by atoms with Crippen molar-refractivity contribution in [1.29, 1.82) is 0 Å². The monoisotopic (exact) mass is 214 g/mol. The maximum absolute atomic E-state index is 5.92. The number of hydrogen-bond acceptors (Lipinski definition) is 4. The van der Waals surface area contributed by atoms with E-state index in [1.54, 1.807) is 6.33 Å². The maximum atomic E-state index is 5.92. The predicted molar refractivity (Wildman–Crippen MR) is 64.3 cm³/mol. The lowest BCUT2D eigenvalue weighted by Gasteiger charge is -2.18. The second-order valence-electron chi connectivity index (χ2n) is 4.21. The highest BCUT2D eigenvalue weighted by atomic mass is 15.2. The largest absolute Gasteiger partial charge is 0.354 e. The Kier molecular flexibility index (Phi) is 2.22. The third kappa shape index (κ3) is 1.51. The molecule has 3 rings (SSSR count). The number of nitrogens with zero attached hydrogens (tertiary/aromatic N) is 3. The number of aromatic nitrogens is 2. The Morgan fingerprint density at radius 3 is 2.94 bits per heavy atom. The standard InChI is InChI=1S/C12H14N4/c13-9-5-6-16(7-9)12-10-3-1-2-4-11(10)14-8-15-12/h1-4,8-9H,5-7,13H2/t9-/m1/s1.